The number of carbonyl (C=O) groups excluding carboxylic acids is 1. The third-order valence-electron chi connectivity index (χ3n) is 6.09. The highest BCUT2D eigenvalue weighted by Gasteiger charge is 2.14. The molecule has 194 valence electrons. The summed E-state index contributed by atoms with van der Waals surface area (Å²) in [7, 11) is -0.104. The fraction of sp³-hybridized carbons (Fsp3) is 0.429. The highest BCUT2D eigenvalue weighted by Crippen LogP contribution is 2.32. The Kier molecular flexibility index (Phi) is 10.3. The smallest absolute Gasteiger partial charge is 0.325 e. The summed E-state index contributed by atoms with van der Waals surface area (Å²) in [6.07, 6.45) is 8.25. The van der Waals surface area contributed by atoms with Crippen molar-refractivity contribution in [3.63, 3.8) is 0 Å². The maximum absolute atomic E-state index is 11.8. The molecular formula is C28H36N2O5S. The van der Waals surface area contributed by atoms with Crippen LogP contribution in [0.1, 0.15) is 44.1 Å². The van der Waals surface area contributed by atoms with Crippen LogP contribution >= 0.6 is 0 Å². The second-order valence-electron chi connectivity index (χ2n) is 9.08. The third kappa shape index (κ3) is 8.60. The number of unbranched alkanes of at least 4 members (excludes halogenated alkanes) is 5. The lowest BCUT2D eigenvalue weighted by molar-refractivity contribution is -0.138. The largest absolute Gasteiger partial charge is 0.468 e. The normalized spacial score (nSPS) is 11.5. The van der Waals surface area contributed by atoms with Crippen LogP contribution in [0.3, 0.4) is 0 Å². The van der Waals surface area contributed by atoms with E-state index in [1.165, 1.54) is 12.7 Å². The Morgan fingerprint density at radius 2 is 1.64 bits per heavy atom. The maximum Gasteiger partial charge on any atom is 0.325 e. The summed E-state index contributed by atoms with van der Waals surface area (Å²) >= 11 is 0. The summed E-state index contributed by atoms with van der Waals surface area (Å²) in [5, 5.41) is 1.10. The van der Waals surface area contributed by atoms with E-state index in [1.54, 1.807) is 4.90 Å². The van der Waals surface area contributed by atoms with Crippen LogP contribution in [0.25, 0.3) is 22.0 Å². The number of aryl methyl sites for hydroxylation is 1. The van der Waals surface area contributed by atoms with Crippen LogP contribution in [-0.4, -0.2) is 52.9 Å². The zero-order chi connectivity index (χ0) is 26.0. The van der Waals surface area contributed by atoms with Gasteiger partial charge < -0.3 is 9.64 Å². The van der Waals surface area contributed by atoms with Crippen LogP contribution in [0.5, 0.6) is 0 Å². The Morgan fingerprint density at radius 1 is 0.944 bits per heavy atom. The van der Waals surface area contributed by atoms with Gasteiger partial charge in [-0.25, -0.2) is 4.98 Å². The average molecular weight is 513 g/mol. The average Bonchev–Trinajstić information content (AvgIpc) is 2.86. The van der Waals surface area contributed by atoms with E-state index in [9.17, 15) is 13.2 Å². The van der Waals surface area contributed by atoms with Gasteiger partial charge in [-0.15, -0.1) is 0 Å². The van der Waals surface area contributed by atoms with Gasteiger partial charge in [0, 0.05) is 12.4 Å². The summed E-state index contributed by atoms with van der Waals surface area (Å²) in [4.78, 5) is 18.4. The van der Waals surface area contributed by atoms with E-state index in [4.69, 9.17) is 13.9 Å². The summed E-state index contributed by atoms with van der Waals surface area (Å²) in [6, 6.07) is 18.7. The van der Waals surface area contributed by atoms with E-state index in [-0.39, 0.29) is 19.1 Å². The first-order valence-electron chi connectivity index (χ1n) is 12.4. The van der Waals surface area contributed by atoms with E-state index in [1.807, 2.05) is 31.3 Å². The summed E-state index contributed by atoms with van der Waals surface area (Å²) in [6.45, 7) is 0.403. The molecule has 0 saturated heterocycles. The Morgan fingerprint density at radius 3 is 2.33 bits per heavy atom. The monoisotopic (exact) mass is 512 g/mol. The topological polar surface area (TPSA) is 85.8 Å². The van der Waals surface area contributed by atoms with Crippen molar-refractivity contribution in [3.8, 4) is 11.1 Å². The molecule has 8 heteroatoms. The Hall–Kier alpha value is -2.97. The number of esters is 1. The number of ether oxygens (including phenoxy) is 1. The molecule has 0 amide bonds. The van der Waals surface area contributed by atoms with Crippen molar-refractivity contribution in [2.75, 3.05) is 38.5 Å². The minimum Gasteiger partial charge on any atom is -0.468 e. The van der Waals surface area contributed by atoms with E-state index < -0.39 is 10.1 Å². The van der Waals surface area contributed by atoms with E-state index >= 15 is 0 Å². The Balaban J connectivity index is 1.65. The number of anilines is 1. The highest BCUT2D eigenvalue weighted by atomic mass is 32.2. The molecule has 3 aromatic rings. The van der Waals surface area contributed by atoms with Gasteiger partial charge in [0.25, 0.3) is 10.1 Å². The van der Waals surface area contributed by atoms with Crippen LogP contribution in [0.15, 0.2) is 54.6 Å². The van der Waals surface area contributed by atoms with Gasteiger partial charge in [0.2, 0.25) is 0 Å². The Labute approximate surface area is 214 Å². The van der Waals surface area contributed by atoms with Gasteiger partial charge in [0.1, 0.15) is 12.4 Å². The molecule has 7 nitrogen and oxygen atoms in total. The number of nitrogens with zero attached hydrogens (tertiary/aromatic N) is 2. The Bertz CT molecular complexity index is 1250. The van der Waals surface area contributed by atoms with Crippen molar-refractivity contribution >= 4 is 32.8 Å². The number of benzene rings is 2. The minimum atomic E-state index is -3.33. The zero-order valence-electron chi connectivity index (χ0n) is 21.4. The van der Waals surface area contributed by atoms with Crippen molar-refractivity contribution < 1.29 is 22.1 Å². The molecule has 0 aliphatic heterocycles. The molecule has 0 spiro atoms. The molecule has 0 bridgehead atoms. The van der Waals surface area contributed by atoms with Gasteiger partial charge in [-0.1, -0.05) is 62.1 Å². The fourth-order valence-corrected chi connectivity index (χ4v) is 4.57. The molecule has 3 rings (SSSR count). The third-order valence-corrected chi connectivity index (χ3v) is 6.68. The van der Waals surface area contributed by atoms with Gasteiger partial charge in [-0.3, -0.25) is 8.98 Å². The van der Waals surface area contributed by atoms with Gasteiger partial charge in [-0.05, 0) is 54.2 Å². The quantitative estimate of drug-likeness (QED) is 0.163. The van der Waals surface area contributed by atoms with Gasteiger partial charge in [-0.2, -0.15) is 8.42 Å². The zero-order valence-corrected chi connectivity index (χ0v) is 22.2. The molecule has 2 aromatic carbocycles. The molecular weight excluding hydrogens is 476 g/mol. The number of hydrogen-bond acceptors (Lipinski definition) is 7. The van der Waals surface area contributed by atoms with Crippen molar-refractivity contribution in [1.29, 1.82) is 0 Å². The first-order valence-corrected chi connectivity index (χ1v) is 14.2. The number of fused-ring (bicyclic) bond motifs is 1. The molecule has 0 aliphatic carbocycles. The van der Waals surface area contributed by atoms with Crippen molar-refractivity contribution in [2.24, 2.45) is 0 Å². The number of methoxy groups -OCH3 is 1. The first-order chi connectivity index (χ1) is 17.3. The molecule has 1 aromatic heterocycles. The van der Waals surface area contributed by atoms with Crippen LogP contribution in [0.4, 0.5) is 5.82 Å². The lowest BCUT2D eigenvalue weighted by atomic mass is 9.97. The number of likely N-dealkylation sites (N-methyl/N-ethyl adjacent to an activating group) is 1. The van der Waals surface area contributed by atoms with Gasteiger partial charge >= 0.3 is 5.97 Å². The predicted molar refractivity (Wildman–Crippen MR) is 145 cm³/mol. The molecule has 36 heavy (non-hydrogen) atoms. The van der Waals surface area contributed by atoms with Crippen molar-refractivity contribution in [2.45, 2.75) is 44.9 Å². The molecule has 0 fully saturated rings. The lowest BCUT2D eigenvalue weighted by Crippen LogP contribution is -2.27. The van der Waals surface area contributed by atoms with Crippen LogP contribution in [0, 0.1) is 0 Å². The van der Waals surface area contributed by atoms with E-state index in [2.05, 4.69) is 30.3 Å². The molecule has 1 heterocycles. The van der Waals surface area contributed by atoms with Crippen molar-refractivity contribution in [3.05, 3.63) is 60.2 Å². The number of rotatable bonds is 14. The minimum absolute atomic E-state index is 0.131. The number of carbonyl (C=O) groups is 1. The lowest BCUT2D eigenvalue weighted by Gasteiger charge is -2.19. The summed E-state index contributed by atoms with van der Waals surface area (Å²) in [5.41, 5.74) is 4.36. The number of pyridine rings is 1. The summed E-state index contributed by atoms with van der Waals surface area (Å²) < 4.78 is 31.5. The molecule has 0 unspecified atom stereocenters. The molecule has 0 radical (unpaired) electrons. The van der Waals surface area contributed by atoms with Crippen molar-refractivity contribution in [1.82, 2.24) is 4.98 Å². The summed E-state index contributed by atoms with van der Waals surface area (Å²) in [5.74, 6) is 0.416. The first kappa shape index (κ1) is 27.6. The number of hydrogen-bond donors (Lipinski definition) is 0. The van der Waals surface area contributed by atoms with E-state index in [0.717, 1.165) is 79.0 Å². The standard InChI is InChI=1S/C28H36N2O5S/c1-30(21-28(31)34-2)27-20-24(23-14-10-8-11-15-23)25-19-22(16-17-26(25)29-27)13-9-6-4-5-7-12-18-35-36(3,32)33/h8,10-11,14-17,19-20H,4-7,9,12-13,18,21H2,1-3H3. The maximum atomic E-state index is 11.8. The molecule has 0 aliphatic rings. The second-order valence-corrected chi connectivity index (χ2v) is 10.7. The predicted octanol–water partition coefficient (Wildman–Crippen LogP) is 5.37. The van der Waals surface area contributed by atoms with Crippen LogP contribution < -0.4 is 4.90 Å². The number of aromatic nitrogens is 1. The molecule has 0 N–H and O–H groups in total. The van der Waals surface area contributed by atoms with Gasteiger partial charge in [0.05, 0.1) is 25.5 Å². The second kappa shape index (κ2) is 13.4. The fourth-order valence-electron chi connectivity index (χ4n) is 4.15. The van der Waals surface area contributed by atoms with Crippen LogP contribution in [-0.2, 0) is 30.3 Å². The van der Waals surface area contributed by atoms with Gasteiger partial charge in [0.15, 0.2) is 0 Å². The highest BCUT2D eigenvalue weighted by molar-refractivity contribution is 7.85. The molecule has 0 saturated carbocycles. The van der Waals surface area contributed by atoms with E-state index in [0.29, 0.717) is 0 Å². The van der Waals surface area contributed by atoms with Crippen LogP contribution in [0.2, 0.25) is 0 Å². The SMILES string of the molecule is COC(=O)CN(C)c1cc(-c2ccccc2)c2cc(CCCCCCCCOS(C)(=O)=O)ccc2n1. The molecule has 0 atom stereocenters.